The van der Waals surface area contributed by atoms with E-state index in [0.717, 1.165) is 12.8 Å². The molecule has 1 saturated carbocycles. The summed E-state index contributed by atoms with van der Waals surface area (Å²) in [4.78, 5) is 12.1. The monoisotopic (exact) mass is 329 g/mol. The molecule has 1 aliphatic rings. The van der Waals surface area contributed by atoms with E-state index in [9.17, 15) is 4.79 Å². The lowest BCUT2D eigenvalue weighted by Gasteiger charge is -2.30. The first-order valence-corrected chi connectivity index (χ1v) is 8.08. The predicted molar refractivity (Wildman–Crippen MR) is 88.0 cm³/mol. The average molecular weight is 330 g/mol. The highest BCUT2D eigenvalue weighted by Gasteiger charge is 2.24. The van der Waals surface area contributed by atoms with Gasteiger partial charge in [-0.15, -0.1) is 0 Å². The molecule has 0 bridgehead atoms. The average Bonchev–Trinajstić information content (AvgIpc) is 2.49. The first kappa shape index (κ1) is 16.4. The zero-order valence-corrected chi connectivity index (χ0v) is 13.4. The van der Waals surface area contributed by atoms with E-state index >= 15 is 0 Å². The van der Waals surface area contributed by atoms with Crippen LogP contribution in [0.25, 0.3) is 0 Å². The van der Waals surface area contributed by atoms with Gasteiger partial charge in [-0.1, -0.05) is 42.5 Å². The van der Waals surface area contributed by atoms with E-state index in [1.54, 1.807) is 18.2 Å². The van der Waals surface area contributed by atoms with Gasteiger partial charge in [0.1, 0.15) is 0 Å². The lowest BCUT2D eigenvalue weighted by molar-refractivity contribution is 0.233. The minimum absolute atomic E-state index is 0.00302. The van der Waals surface area contributed by atoms with E-state index < -0.39 is 0 Å². The minimum Gasteiger partial charge on any atom is -0.334 e. The number of amides is 2. The molecular weight excluding hydrogens is 309 g/mol. The van der Waals surface area contributed by atoms with Gasteiger partial charge in [-0.2, -0.15) is 0 Å². The molecule has 116 valence electrons. The molecule has 2 rings (SSSR count). The van der Waals surface area contributed by atoms with Gasteiger partial charge < -0.3 is 16.4 Å². The molecule has 0 aliphatic heterocycles. The zero-order chi connectivity index (χ0) is 15.2. The second-order valence-corrected chi connectivity index (χ2v) is 6.31. The van der Waals surface area contributed by atoms with E-state index in [1.165, 1.54) is 19.3 Å². The van der Waals surface area contributed by atoms with E-state index in [2.05, 4.69) is 10.6 Å². The Labute approximate surface area is 135 Å². The Morgan fingerprint density at radius 3 is 2.67 bits per heavy atom. The van der Waals surface area contributed by atoms with Crippen molar-refractivity contribution in [3.63, 3.8) is 0 Å². The van der Waals surface area contributed by atoms with Crippen LogP contribution in [0.2, 0.25) is 10.0 Å². The van der Waals surface area contributed by atoms with Crippen molar-refractivity contribution in [1.29, 1.82) is 0 Å². The van der Waals surface area contributed by atoms with Crippen molar-refractivity contribution in [1.82, 2.24) is 5.32 Å². The van der Waals surface area contributed by atoms with E-state index in [-0.39, 0.29) is 12.1 Å². The summed E-state index contributed by atoms with van der Waals surface area (Å²) in [7, 11) is 0. The summed E-state index contributed by atoms with van der Waals surface area (Å²) in [5.74, 6) is 0.462. The number of hydrogen-bond acceptors (Lipinski definition) is 2. The van der Waals surface area contributed by atoms with Crippen LogP contribution in [0.1, 0.15) is 32.1 Å². The SMILES string of the molecule is NCC(NC(=O)Nc1cc(Cl)ccc1Cl)C1CCCCC1. The Balaban J connectivity index is 1.94. The quantitative estimate of drug-likeness (QED) is 0.780. The van der Waals surface area contributed by atoms with Gasteiger partial charge >= 0.3 is 6.03 Å². The van der Waals surface area contributed by atoms with Gasteiger partial charge in [-0.25, -0.2) is 4.79 Å². The van der Waals surface area contributed by atoms with Crippen LogP contribution in [0.5, 0.6) is 0 Å². The van der Waals surface area contributed by atoms with Crippen LogP contribution < -0.4 is 16.4 Å². The second-order valence-electron chi connectivity index (χ2n) is 5.46. The lowest BCUT2D eigenvalue weighted by atomic mass is 9.84. The fourth-order valence-electron chi connectivity index (χ4n) is 2.83. The van der Waals surface area contributed by atoms with Crippen LogP contribution in [-0.2, 0) is 0 Å². The molecule has 1 aliphatic carbocycles. The third-order valence-corrected chi connectivity index (χ3v) is 4.53. The number of hydrogen-bond donors (Lipinski definition) is 3. The van der Waals surface area contributed by atoms with Gasteiger partial charge in [0.25, 0.3) is 0 Å². The lowest BCUT2D eigenvalue weighted by Crippen LogP contribution is -2.47. The summed E-state index contributed by atoms with van der Waals surface area (Å²) in [6.45, 7) is 0.446. The molecule has 21 heavy (non-hydrogen) atoms. The highest BCUT2D eigenvalue weighted by atomic mass is 35.5. The Morgan fingerprint density at radius 2 is 2.00 bits per heavy atom. The maximum Gasteiger partial charge on any atom is 0.319 e. The van der Waals surface area contributed by atoms with Crippen LogP contribution in [0.15, 0.2) is 18.2 Å². The predicted octanol–water partition coefficient (Wildman–Crippen LogP) is 4.02. The van der Waals surface area contributed by atoms with E-state index in [0.29, 0.717) is 28.2 Å². The molecular formula is C15H21Cl2N3O. The summed E-state index contributed by atoms with van der Waals surface area (Å²) in [5.41, 5.74) is 6.31. The molecule has 0 saturated heterocycles. The Morgan fingerprint density at radius 1 is 1.29 bits per heavy atom. The van der Waals surface area contributed by atoms with Crippen molar-refractivity contribution in [2.75, 3.05) is 11.9 Å². The fourth-order valence-corrected chi connectivity index (χ4v) is 3.16. The van der Waals surface area contributed by atoms with E-state index in [4.69, 9.17) is 28.9 Å². The molecule has 1 unspecified atom stereocenters. The van der Waals surface area contributed by atoms with Crippen molar-refractivity contribution >= 4 is 34.9 Å². The zero-order valence-electron chi connectivity index (χ0n) is 11.9. The number of halogens is 2. The maximum absolute atomic E-state index is 12.1. The van der Waals surface area contributed by atoms with Crippen molar-refractivity contribution < 1.29 is 4.79 Å². The molecule has 0 radical (unpaired) electrons. The number of carbonyl (C=O) groups excluding carboxylic acids is 1. The van der Waals surface area contributed by atoms with Gasteiger partial charge in [0.2, 0.25) is 0 Å². The van der Waals surface area contributed by atoms with Crippen LogP contribution in [0.4, 0.5) is 10.5 Å². The van der Waals surface area contributed by atoms with Crippen LogP contribution in [0.3, 0.4) is 0 Å². The first-order valence-electron chi connectivity index (χ1n) is 7.33. The molecule has 1 aromatic carbocycles. The fraction of sp³-hybridized carbons (Fsp3) is 0.533. The molecule has 1 fully saturated rings. The Hall–Kier alpha value is -0.970. The van der Waals surface area contributed by atoms with Crippen molar-refractivity contribution in [3.05, 3.63) is 28.2 Å². The van der Waals surface area contributed by atoms with Gasteiger partial charge in [0, 0.05) is 17.6 Å². The number of benzene rings is 1. The number of rotatable bonds is 4. The molecule has 4 N–H and O–H groups in total. The number of nitrogens with two attached hydrogens (primary N) is 1. The number of nitrogens with one attached hydrogen (secondary N) is 2. The summed E-state index contributed by atoms with van der Waals surface area (Å²) < 4.78 is 0. The maximum atomic E-state index is 12.1. The second kappa shape index (κ2) is 7.87. The normalized spacial score (nSPS) is 17.3. The van der Waals surface area contributed by atoms with Crippen LogP contribution >= 0.6 is 23.2 Å². The molecule has 0 spiro atoms. The molecule has 1 atom stereocenters. The summed E-state index contributed by atoms with van der Waals surface area (Å²) in [6, 6.07) is 4.67. The molecule has 1 aromatic rings. The molecule has 0 aromatic heterocycles. The van der Waals surface area contributed by atoms with Gasteiger partial charge in [0.15, 0.2) is 0 Å². The third kappa shape index (κ3) is 4.77. The third-order valence-electron chi connectivity index (χ3n) is 3.97. The smallest absolute Gasteiger partial charge is 0.319 e. The highest BCUT2D eigenvalue weighted by Crippen LogP contribution is 2.27. The van der Waals surface area contributed by atoms with Gasteiger partial charge in [0.05, 0.1) is 10.7 Å². The van der Waals surface area contributed by atoms with Gasteiger partial charge in [-0.05, 0) is 37.0 Å². The standard InChI is InChI=1S/C15H21Cl2N3O/c16-11-6-7-12(17)13(8-11)19-15(21)20-14(9-18)10-4-2-1-3-5-10/h6-8,10,14H,1-5,9,18H2,(H2,19,20,21). The van der Waals surface area contributed by atoms with E-state index in [1.807, 2.05) is 0 Å². The number of carbonyl (C=O) groups is 1. The van der Waals surface area contributed by atoms with Gasteiger partial charge in [-0.3, -0.25) is 0 Å². The van der Waals surface area contributed by atoms with Crippen molar-refractivity contribution in [3.8, 4) is 0 Å². The van der Waals surface area contributed by atoms with Crippen LogP contribution in [-0.4, -0.2) is 18.6 Å². The molecule has 0 heterocycles. The number of urea groups is 1. The van der Waals surface area contributed by atoms with Crippen LogP contribution in [0, 0.1) is 5.92 Å². The molecule has 4 nitrogen and oxygen atoms in total. The first-order chi connectivity index (χ1) is 10.1. The summed E-state index contributed by atoms with van der Waals surface area (Å²) in [5, 5.41) is 6.67. The summed E-state index contributed by atoms with van der Waals surface area (Å²) >= 11 is 11.9. The van der Waals surface area contributed by atoms with Crippen molar-refractivity contribution in [2.45, 2.75) is 38.1 Å². The highest BCUT2D eigenvalue weighted by molar-refractivity contribution is 6.35. The largest absolute Gasteiger partial charge is 0.334 e. The number of anilines is 1. The Bertz CT molecular complexity index is 490. The topological polar surface area (TPSA) is 67.1 Å². The molecule has 2 amide bonds. The minimum atomic E-state index is -0.291. The van der Waals surface area contributed by atoms with Crippen molar-refractivity contribution in [2.24, 2.45) is 11.7 Å². The summed E-state index contributed by atoms with van der Waals surface area (Å²) in [6.07, 6.45) is 5.95. The Kier molecular flexibility index (Phi) is 6.15. The molecule has 6 heteroatoms.